The van der Waals surface area contributed by atoms with Gasteiger partial charge in [0.1, 0.15) is 0 Å². The van der Waals surface area contributed by atoms with E-state index < -0.39 is 6.10 Å². The molecule has 0 heterocycles. The van der Waals surface area contributed by atoms with Gasteiger partial charge in [0.15, 0.2) is 0 Å². The molecule has 1 aliphatic carbocycles. The van der Waals surface area contributed by atoms with Crippen molar-refractivity contribution in [3.05, 3.63) is 33.8 Å². The summed E-state index contributed by atoms with van der Waals surface area (Å²) in [4.78, 5) is 0. The van der Waals surface area contributed by atoms with Crippen LogP contribution in [0, 0.1) is 5.41 Å². The summed E-state index contributed by atoms with van der Waals surface area (Å²) in [5, 5.41) is 11.4. The van der Waals surface area contributed by atoms with Crippen molar-refractivity contribution in [2.75, 3.05) is 6.54 Å². The maximum Gasteiger partial charge on any atom is 0.0872 e. The Morgan fingerprint density at radius 1 is 1.38 bits per heavy atom. The summed E-state index contributed by atoms with van der Waals surface area (Å²) < 4.78 is 0. The van der Waals surface area contributed by atoms with Gasteiger partial charge in [0, 0.05) is 22.0 Å². The summed E-state index contributed by atoms with van der Waals surface area (Å²) in [5.41, 5.74) is 6.31. The summed E-state index contributed by atoms with van der Waals surface area (Å²) in [6.45, 7) is 0.493. The van der Waals surface area contributed by atoms with Crippen molar-refractivity contribution in [3.8, 4) is 0 Å². The predicted octanol–water partition coefficient (Wildman–Crippen LogP) is 3.16. The highest BCUT2D eigenvalue weighted by Crippen LogP contribution is 2.50. The molecule has 1 fully saturated rings. The lowest BCUT2D eigenvalue weighted by molar-refractivity contribution is -0.0296. The summed E-state index contributed by atoms with van der Waals surface area (Å²) in [7, 11) is 0. The van der Waals surface area contributed by atoms with Gasteiger partial charge in [0.2, 0.25) is 0 Å². The maximum absolute atomic E-state index is 10.4. The van der Waals surface area contributed by atoms with Gasteiger partial charge in [-0.05, 0) is 30.5 Å². The number of benzene rings is 1. The van der Waals surface area contributed by atoms with Crippen LogP contribution in [0.2, 0.25) is 10.0 Å². The smallest absolute Gasteiger partial charge is 0.0872 e. The van der Waals surface area contributed by atoms with Gasteiger partial charge in [0.05, 0.1) is 6.10 Å². The molecule has 1 saturated carbocycles. The van der Waals surface area contributed by atoms with E-state index in [1.165, 1.54) is 0 Å². The molecule has 3 N–H and O–H groups in total. The fourth-order valence-corrected chi connectivity index (χ4v) is 2.79. The van der Waals surface area contributed by atoms with Crippen LogP contribution in [-0.2, 0) is 0 Å². The summed E-state index contributed by atoms with van der Waals surface area (Å²) in [5.74, 6) is 0. The predicted molar refractivity (Wildman–Crippen MR) is 66.8 cm³/mol. The van der Waals surface area contributed by atoms with Crippen molar-refractivity contribution in [1.82, 2.24) is 0 Å². The highest BCUT2D eigenvalue weighted by atomic mass is 35.5. The largest absolute Gasteiger partial charge is 0.388 e. The van der Waals surface area contributed by atoms with E-state index in [1.807, 2.05) is 0 Å². The van der Waals surface area contributed by atoms with Crippen LogP contribution in [0.25, 0.3) is 0 Å². The van der Waals surface area contributed by atoms with Gasteiger partial charge in [0.25, 0.3) is 0 Å². The van der Waals surface area contributed by atoms with E-state index in [2.05, 4.69) is 0 Å². The number of aliphatic hydroxyl groups excluding tert-OH is 1. The molecule has 88 valence electrons. The van der Waals surface area contributed by atoms with Gasteiger partial charge in [-0.25, -0.2) is 0 Å². The molecule has 0 spiro atoms. The number of aliphatic hydroxyl groups is 1. The number of halogens is 2. The molecule has 1 aromatic carbocycles. The third-order valence-corrected chi connectivity index (χ3v) is 4.16. The molecule has 0 bridgehead atoms. The standard InChI is InChI=1S/C12H15Cl2NO/c13-8-2-3-9(10(14)6-8)11(16)12(7-15)4-1-5-12/h2-3,6,11,16H,1,4-5,7,15H2. The van der Waals surface area contributed by atoms with Crippen molar-refractivity contribution in [3.63, 3.8) is 0 Å². The Kier molecular flexibility index (Phi) is 3.45. The van der Waals surface area contributed by atoms with Crippen LogP contribution in [0.3, 0.4) is 0 Å². The van der Waals surface area contributed by atoms with Crippen molar-refractivity contribution < 1.29 is 5.11 Å². The highest BCUT2D eigenvalue weighted by Gasteiger charge is 2.43. The van der Waals surface area contributed by atoms with E-state index in [0.29, 0.717) is 16.6 Å². The molecular formula is C12H15Cl2NO. The third kappa shape index (κ3) is 1.95. The summed E-state index contributed by atoms with van der Waals surface area (Å²) >= 11 is 11.9. The van der Waals surface area contributed by atoms with Crippen LogP contribution < -0.4 is 5.73 Å². The van der Waals surface area contributed by atoms with E-state index in [0.717, 1.165) is 24.8 Å². The minimum atomic E-state index is -0.587. The summed E-state index contributed by atoms with van der Waals surface area (Å²) in [6.07, 6.45) is 2.46. The fourth-order valence-electron chi connectivity index (χ4n) is 2.27. The first-order valence-corrected chi connectivity index (χ1v) is 6.18. The second kappa shape index (κ2) is 4.53. The first kappa shape index (κ1) is 12.2. The lowest BCUT2D eigenvalue weighted by Gasteiger charge is -2.45. The third-order valence-electron chi connectivity index (χ3n) is 3.59. The maximum atomic E-state index is 10.4. The molecule has 4 heteroatoms. The summed E-state index contributed by atoms with van der Waals surface area (Å²) in [6, 6.07) is 5.19. The van der Waals surface area contributed by atoms with Crippen LogP contribution in [-0.4, -0.2) is 11.7 Å². The Balaban J connectivity index is 2.29. The first-order chi connectivity index (χ1) is 7.59. The molecule has 1 aliphatic rings. The second-order valence-corrected chi connectivity index (χ2v) is 5.33. The number of nitrogens with two attached hydrogens (primary N) is 1. The monoisotopic (exact) mass is 259 g/mol. The lowest BCUT2D eigenvalue weighted by Crippen LogP contribution is -2.42. The molecule has 1 unspecified atom stereocenters. The van der Waals surface area contributed by atoms with Crippen LogP contribution in [0.15, 0.2) is 18.2 Å². The van der Waals surface area contributed by atoms with Crippen molar-refractivity contribution >= 4 is 23.2 Å². The second-order valence-electron chi connectivity index (χ2n) is 4.49. The molecule has 0 amide bonds. The average Bonchev–Trinajstić information content (AvgIpc) is 2.16. The fraction of sp³-hybridized carbons (Fsp3) is 0.500. The van der Waals surface area contributed by atoms with E-state index in [9.17, 15) is 5.11 Å². The van der Waals surface area contributed by atoms with Gasteiger partial charge >= 0.3 is 0 Å². The quantitative estimate of drug-likeness (QED) is 0.876. The van der Waals surface area contributed by atoms with E-state index in [-0.39, 0.29) is 5.41 Å². The zero-order valence-corrected chi connectivity index (χ0v) is 10.4. The highest BCUT2D eigenvalue weighted by molar-refractivity contribution is 6.35. The van der Waals surface area contributed by atoms with Crippen LogP contribution in [0.1, 0.15) is 30.9 Å². The number of hydrogen-bond acceptors (Lipinski definition) is 2. The molecule has 0 aromatic heterocycles. The minimum Gasteiger partial charge on any atom is -0.388 e. The molecular weight excluding hydrogens is 245 g/mol. The van der Waals surface area contributed by atoms with Crippen molar-refractivity contribution in [2.24, 2.45) is 11.1 Å². The normalized spacial score (nSPS) is 20.2. The molecule has 0 aliphatic heterocycles. The van der Waals surface area contributed by atoms with E-state index >= 15 is 0 Å². The Labute approximate surface area is 105 Å². The van der Waals surface area contributed by atoms with Crippen LogP contribution >= 0.6 is 23.2 Å². The molecule has 2 nitrogen and oxygen atoms in total. The Morgan fingerprint density at radius 2 is 2.06 bits per heavy atom. The molecule has 16 heavy (non-hydrogen) atoms. The number of rotatable bonds is 3. The van der Waals surface area contributed by atoms with Crippen LogP contribution in [0.5, 0.6) is 0 Å². The average molecular weight is 260 g/mol. The molecule has 0 saturated heterocycles. The van der Waals surface area contributed by atoms with Crippen LogP contribution in [0.4, 0.5) is 0 Å². The first-order valence-electron chi connectivity index (χ1n) is 5.42. The zero-order chi connectivity index (χ0) is 11.8. The Morgan fingerprint density at radius 3 is 2.50 bits per heavy atom. The van der Waals surface area contributed by atoms with Gasteiger partial charge < -0.3 is 10.8 Å². The molecule has 2 rings (SSSR count). The van der Waals surface area contributed by atoms with Gasteiger partial charge in [-0.3, -0.25) is 0 Å². The van der Waals surface area contributed by atoms with Gasteiger partial charge in [-0.2, -0.15) is 0 Å². The zero-order valence-electron chi connectivity index (χ0n) is 8.92. The topological polar surface area (TPSA) is 46.2 Å². The van der Waals surface area contributed by atoms with E-state index in [4.69, 9.17) is 28.9 Å². The molecule has 0 radical (unpaired) electrons. The SMILES string of the molecule is NCC1(C(O)c2ccc(Cl)cc2Cl)CCC1. The van der Waals surface area contributed by atoms with Gasteiger partial charge in [-0.1, -0.05) is 35.7 Å². The molecule has 1 atom stereocenters. The van der Waals surface area contributed by atoms with Crippen molar-refractivity contribution in [1.29, 1.82) is 0 Å². The van der Waals surface area contributed by atoms with Gasteiger partial charge in [-0.15, -0.1) is 0 Å². The molecule has 1 aromatic rings. The minimum absolute atomic E-state index is 0.183. The number of hydrogen-bond donors (Lipinski definition) is 2. The Hall–Kier alpha value is -0.280. The van der Waals surface area contributed by atoms with E-state index in [1.54, 1.807) is 18.2 Å². The Bertz CT molecular complexity index is 385. The van der Waals surface area contributed by atoms with Crippen molar-refractivity contribution in [2.45, 2.75) is 25.4 Å². The lowest BCUT2D eigenvalue weighted by atomic mass is 9.63.